The SMILES string of the molecule is Cc1ccc(OCC(=O)NC[C@@H](c2ccco2)N2CCCC2)cc1C. The molecule has 134 valence electrons. The minimum absolute atomic E-state index is 0.0212. The Morgan fingerprint density at radius 3 is 2.72 bits per heavy atom. The molecule has 2 aromatic rings. The Kier molecular flexibility index (Phi) is 5.76. The fraction of sp³-hybridized carbons (Fsp3) is 0.450. The molecule has 0 bridgehead atoms. The number of ether oxygens (including phenoxy) is 1. The Hall–Kier alpha value is -2.27. The summed E-state index contributed by atoms with van der Waals surface area (Å²) in [5, 5.41) is 2.98. The molecule has 1 saturated heterocycles. The van der Waals surface area contributed by atoms with E-state index in [0.29, 0.717) is 6.54 Å². The molecule has 1 atom stereocenters. The van der Waals surface area contributed by atoms with Crippen LogP contribution in [0.25, 0.3) is 0 Å². The van der Waals surface area contributed by atoms with Crippen molar-refractivity contribution in [3.8, 4) is 5.75 Å². The standard InChI is InChI=1S/C20H26N2O3/c1-15-7-8-17(12-16(15)2)25-14-20(23)21-13-18(19-6-5-11-24-19)22-9-3-4-10-22/h5-8,11-12,18H,3-4,9-10,13-14H2,1-2H3,(H,21,23)/t18-/m0/s1. The third-order valence-corrected chi connectivity index (χ3v) is 4.79. The third-order valence-electron chi connectivity index (χ3n) is 4.79. The van der Waals surface area contributed by atoms with Gasteiger partial charge in [0.05, 0.1) is 12.3 Å². The number of furan rings is 1. The minimum atomic E-state index is -0.117. The van der Waals surface area contributed by atoms with Crippen LogP contribution in [0.3, 0.4) is 0 Å². The van der Waals surface area contributed by atoms with E-state index < -0.39 is 0 Å². The van der Waals surface area contributed by atoms with Crippen molar-refractivity contribution in [2.75, 3.05) is 26.2 Å². The molecule has 0 spiro atoms. The predicted molar refractivity (Wildman–Crippen MR) is 96.7 cm³/mol. The normalized spacial score (nSPS) is 15.9. The summed E-state index contributed by atoms with van der Waals surface area (Å²) < 4.78 is 11.2. The molecule has 1 aromatic carbocycles. The number of rotatable bonds is 7. The second-order valence-electron chi connectivity index (χ2n) is 6.61. The van der Waals surface area contributed by atoms with Gasteiger partial charge in [0, 0.05) is 6.54 Å². The molecule has 0 saturated carbocycles. The van der Waals surface area contributed by atoms with Crippen LogP contribution in [0, 0.1) is 13.8 Å². The van der Waals surface area contributed by atoms with Crippen molar-refractivity contribution in [2.24, 2.45) is 0 Å². The first kappa shape index (κ1) is 17.5. The van der Waals surface area contributed by atoms with Gasteiger partial charge >= 0.3 is 0 Å². The number of likely N-dealkylation sites (tertiary alicyclic amines) is 1. The first-order chi connectivity index (χ1) is 12.1. The van der Waals surface area contributed by atoms with E-state index in [-0.39, 0.29) is 18.6 Å². The monoisotopic (exact) mass is 342 g/mol. The molecule has 0 radical (unpaired) electrons. The van der Waals surface area contributed by atoms with Gasteiger partial charge in [0.2, 0.25) is 0 Å². The average Bonchev–Trinajstić information content (AvgIpc) is 3.30. The Balaban J connectivity index is 1.51. The van der Waals surface area contributed by atoms with E-state index in [2.05, 4.69) is 17.1 Å². The first-order valence-corrected chi connectivity index (χ1v) is 8.87. The number of benzene rings is 1. The van der Waals surface area contributed by atoms with E-state index in [1.54, 1.807) is 6.26 Å². The van der Waals surface area contributed by atoms with Crippen LogP contribution in [-0.4, -0.2) is 37.0 Å². The number of hydrogen-bond donors (Lipinski definition) is 1. The summed E-state index contributed by atoms with van der Waals surface area (Å²) in [5.74, 6) is 1.51. The first-order valence-electron chi connectivity index (χ1n) is 8.87. The van der Waals surface area contributed by atoms with Gasteiger partial charge in [-0.3, -0.25) is 9.69 Å². The molecule has 1 aliphatic rings. The van der Waals surface area contributed by atoms with Gasteiger partial charge in [0.1, 0.15) is 11.5 Å². The summed E-state index contributed by atoms with van der Waals surface area (Å²) in [4.78, 5) is 14.5. The quantitative estimate of drug-likeness (QED) is 0.839. The maximum absolute atomic E-state index is 12.2. The van der Waals surface area contributed by atoms with E-state index in [1.807, 2.05) is 37.3 Å². The van der Waals surface area contributed by atoms with Crippen LogP contribution in [0.5, 0.6) is 5.75 Å². The molecule has 5 heteroatoms. The average molecular weight is 342 g/mol. The minimum Gasteiger partial charge on any atom is -0.484 e. The van der Waals surface area contributed by atoms with Crippen LogP contribution in [0.2, 0.25) is 0 Å². The second-order valence-corrected chi connectivity index (χ2v) is 6.61. The number of nitrogens with zero attached hydrogens (tertiary/aromatic N) is 1. The van der Waals surface area contributed by atoms with Crippen LogP contribution in [-0.2, 0) is 4.79 Å². The van der Waals surface area contributed by atoms with Crippen molar-refractivity contribution in [3.05, 3.63) is 53.5 Å². The van der Waals surface area contributed by atoms with Crippen molar-refractivity contribution < 1.29 is 13.9 Å². The number of hydrogen-bond acceptors (Lipinski definition) is 4. The number of aryl methyl sites for hydroxylation is 2. The molecule has 3 rings (SSSR count). The molecule has 1 fully saturated rings. The fourth-order valence-corrected chi connectivity index (χ4v) is 3.16. The highest BCUT2D eigenvalue weighted by Crippen LogP contribution is 2.24. The molecule has 25 heavy (non-hydrogen) atoms. The van der Waals surface area contributed by atoms with E-state index in [9.17, 15) is 4.79 Å². The highest BCUT2D eigenvalue weighted by atomic mass is 16.5. The molecule has 1 amide bonds. The van der Waals surface area contributed by atoms with Gasteiger partial charge in [-0.2, -0.15) is 0 Å². The Morgan fingerprint density at radius 2 is 2.04 bits per heavy atom. The third kappa shape index (κ3) is 4.63. The van der Waals surface area contributed by atoms with E-state index in [1.165, 1.54) is 18.4 Å². The maximum Gasteiger partial charge on any atom is 0.258 e. The molecule has 5 nitrogen and oxygen atoms in total. The fourth-order valence-electron chi connectivity index (χ4n) is 3.16. The topological polar surface area (TPSA) is 54.7 Å². The smallest absolute Gasteiger partial charge is 0.258 e. The summed E-state index contributed by atoms with van der Waals surface area (Å²) in [6.45, 7) is 6.72. The van der Waals surface area contributed by atoms with Gasteiger partial charge in [-0.05, 0) is 75.2 Å². The molecule has 1 aliphatic heterocycles. The lowest BCUT2D eigenvalue weighted by Gasteiger charge is -2.26. The molecule has 0 unspecified atom stereocenters. The molecule has 1 aromatic heterocycles. The summed E-state index contributed by atoms with van der Waals surface area (Å²) in [6, 6.07) is 9.81. The van der Waals surface area contributed by atoms with Crippen molar-refractivity contribution >= 4 is 5.91 Å². The molecule has 2 heterocycles. The molecule has 0 aliphatic carbocycles. The zero-order chi connectivity index (χ0) is 17.6. The number of nitrogens with one attached hydrogen (secondary N) is 1. The van der Waals surface area contributed by atoms with Crippen molar-refractivity contribution in [1.29, 1.82) is 0 Å². The highest BCUT2D eigenvalue weighted by Gasteiger charge is 2.25. The van der Waals surface area contributed by atoms with Gasteiger partial charge in [0.15, 0.2) is 6.61 Å². The summed E-state index contributed by atoms with van der Waals surface area (Å²) in [5.41, 5.74) is 2.37. The Morgan fingerprint density at radius 1 is 1.24 bits per heavy atom. The van der Waals surface area contributed by atoms with Crippen molar-refractivity contribution in [1.82, 2.24) is 10.2 Å². The van der Waals surface area contributed by atoms with Crippen molar-refractivity contribution in [3.63, 3.8) is 0 Å². The van der Waals surface area contributed by atoms with Crippen LogP contribution in [0.1, 0.15) is 35.8 Å². The number of carbonyl (C=O) groups excluding carboxylic acids is 1. The largest absolute Gasteiger partial charge is 0.484 e. The lowest BCUT2D eigenvalue weighted by atomic mass is 10.1. The lowest BCUT2D eigenvalue weighted by molar-refractivity contribution is -0.123. The molecule has 1 N–H and O–H groups in total. The van der Waals surface area contributed by atoms with E-state index in [0.717, 1.165) is 30.2 Å². The van der Waals surface area contributed by atoms with E-state index in [4.69, 9.17) is 9.15 Å². The van der Waals surface area contributed by atoms with Gasteiger partial charge in [-0.25, -0.2) is 0 Å². The van der Waals surface area contributed by atoms with Crippen LogP contribution < -0.4 is 10.1 Å². The Bertz CT molecular complexity index is 691. The van der Waals surface area contributed by atoms with Crippen LogP contribution in [0.4, 0.5) is 0 Å². The lowest BCUT2D eigenvalue weighted by Crippen LogP contribution is -2.38. The highest BCUT2D eigenvalue weighted by molar-refractivity contribution is 5.77. The zero-order valence-corrected chi connectivity index (χ0v) is 15.0. The number of amides is 1. The summed E-state index contributed by atoms with van der Waals surface area (Å²) >= 11 is 0. The molecular weight excluding hydrogens is 316 g/mol. The van der Waals surface area contributed by atoms with Gasteiger partial charge < -0.3 is 14.5 Å². The zero-order valence-electron chi connectivity index (χ0n) is 15.0. The summed E-state index contributed by atoms with van der Waals surface area (Å²) in [6.07, 6.45) is 4.07. The van der Waals surface area contributed by atoms with Crippen LogP contribution in [0.15, 0.2) is 41.0 Å². The van der Waals surface area contributed by atoms with Gasteiger partial charge in [0.25, 0.3) is 5.91 Å². The summed E-state index contributed by atoms with van der Waals surface area (Å²) in [7, 11) is 0. The van der Waals surface area contributed by atoms with Gasteiger partial charge in [-0.1, -0.05) is 6.07 Å². The molecular formula is C20H26N2O3. The number of carbonyl (C=O) groups is 1. The van der Waals surface area contributed by atoms with E-state index >= 15 is 0 Å². The second kappa shape index (κ2) is 8.21. The van der Waals surface area contributed by atoms with Gasteiger partial charge in [-0.15, -0.1) is 0 Å². The van der Waals surface area contributed by atoms with Crippen molar-refractivity contribution in [2.45, 2.75) is 32.7 Å². The maximum atomic E-state index is 12.2. The van der Waals surface area contributed by atoms with Crippen LogP contribution >= 0.6 is 0 Å². The predicted octanol–water partition coefficient (Wildman–Crippen LogP) is 3.23. The Labute approximate surface area is 149 Å².